The van der Waals surface area contributed by atoms with E-state index in [2.05, 4.69) is 31.0 Å². The van der Waals surface area contributed by atoms with Crippen LogP contribution in [0.4, 0.5) is 5.82 Å². The van der Waals surface area contributed by atoms with Gasteiger partial charge in [0.1, 0.15) is 5.82 Å². The lowest BCUT2D eigenvalue weighted by molar-refractivity contribution is 0.804. The zero-order chi connectivity index (χ0) is 12.0. The van der Waals surface area contributed by atoms with E-state index in [0.717, 1.165) is 18.7 Å². The van der Waals surface area contributed by atoms with Crippen molar-refractivity contribution in [3.8, 4) is 5.82 Å². The summed E-state index contributed by atoms with van der Waals surface area (Å²) in [4.78, 5) is 18.7. The molecule has 0 saturated heterocycles. The fourth-order valence-corrected chi connectivity index (χ4v) is 1.89. The van der Waals surface area contributed by atoms with Gasteiger partial charge >= 0.3 is 0 Å². The molecule has 0 atom stereocenters. The van der Waals surface area contributed by atoms with Gasteiger partial charge in [0.2, 0.25) is 0 Å². The zero-order valence-corrected chi connectivity index (χ0v) is 10.4. The van der Waals surface area contributed by atoms with E-state index >= 15 is 0 Å². The molecule has 2 aromatic rings. The van der Waals surface area contributed by atoms with Crippen LogP contribution in [0.25, 0.3) is 5.82 Å². The van der Waals surface area contributed by atoms with Crippen molar-refractivity contribution in [3.05, 3.63) is 32.9 Å². The summed E-state index contributed by atoms with van der Waals surface area (Å²) in [5.74, 6) is 1.99. The Bertz CT molecular complexity index is 608. The van der Waals surface area contributed by atoms with Crippen molar-refractivity contribution in [3.63, 3.8) is 0 Å². The van der Waals surface area contributed by atoms with Crippen LogP contribution in [0.3, 0.4) is 0 Å². The number of halogens is 1. The van der Waals surface area contributed by atoms with Gasteiger partial charge in [0.05, 0.1) is 4.47 Å². The molecule has 2 aromatic heterocycles. The molecule has 1 aliphatic rings. The Morgan fingerprint density at radius 2 is 2.29 bits per heavy atom. The van der Waals surface area contributed by atoms with Gasteiger partial charge in [0, 0.05) is 18.2 Å². The molecule has 3 N–H and O–H groups in total. The highest BCUT2D eigenvalue weighted by molar-refractivity contribution is 9.10. The second-order valence-corrected chi connectivity index (χ2v) is 4.92. The maximum absolute atomic E-state index is 11.5. The Labute approximate surface area is 105 Å². The lowest BCUT2D eigenvalue weighted by atomic mass is 10.4. The van der Waals surface area contributed by atoms with Crippen molar-refractivity contribution in [1.29, 1.82) is 0 Å². The minimum absolute atomic E-state index is 0.165. The molecule has 0 unspecified atom stereocenters. The first kappa shape index (κ1) is 10.5. The van der Waals surface area contributed by atoms with Crippen LogP contribution in [0.15, 0.2) is 21.5 Å². The molecular formula is C10H10BrN5O. The van der Waals surface area contributed by atoms with Gasteiger partial charge in [-0.05, 0) is 28.8 Å². The number of hydrogen-bond acceptors (Lipinski definition) is 4. The van der Waals surface area contributed by atoms with Crippen molar-refractivity contribution in [2.75, 3.05) is 5.73 Å². The minimum Gasteiger partial charge on any atom is -0.381 e. The van der Waals surface area contributed by atoms with E-state index in [4.69, 9.17) is 5.73 Å². The van der Waals surface area contributed by atoms with Crippen molar-refractivity contribution in [1.82, 2.24) is 19.7 Å². The van der Waals surface area contributed by atoms with Crippen LogP contribution < -0.4 is 11.3 Å². The minimum atomic E-state index is -0.165. The fourth-order valence-electron chi connectivity index (χ4n) is 1.61. The van der Waals surface area contributed by atoms with Crippen LogP contribution in [0.1, 0.15) is 24.6 Å². The van der Waals surface area contributed by atoms with Gasteiger partial charge in [-0.25, -0.2) is 9.67 Å². The molecule has 0 radical (unpaired) electrons. The van der Waals surface area contributed by atoms with Crippen LogP contribution in [0.5, 0.6) is 0 Å². The van der Waals surface area contributed by atoms with E-state index in [1.807, 2.05) is 0 Å². The van der Waals surface area contributed by atoms with Crippen LogP contribution in [0.2, 0.25) is 0 Å². The summed E-state index contributed by atoms with van der Waals surface area (Å²) in [5, 5.41) is 4.07. The van der Waals surface area contributed by atoms with Crippen LogP contribution in [-0.4, -0.2) is 19.7 Å². The molecule has 0 aromatic carbocycles. The Kier molecular flexibility index (Phi) is 2.29. The molecule has 7 heteroatoms. The molecule has 17 heavy (non-hydrogen) atoms. The van der Waals surface area contributed by atoms with Crippen LogP contribution in [0, 0.1) is 0 Å². The number of rotatable bonds is 2. The Balaban J connectivity index is 2.10. The van der Waals surface area contributed by atoms with E-state index in [1.165, 1.54) is 10.7 Å². The molecule has 2 heterocycles. The van der Waals surface area contributed by atoms with E-state index in [9.17, 15) is 4.79 Å². The first-order valence-corrected chi connectivity index (χ1v) is 6.05. The number of nitrogens with one attached hydrogen (secondary N) is 1. The second kappa shape index (κ2) is 3.69. The van der Waals surface area contributed by atoms with E-state index in [-0.39, 0.29) is 5.56 Å². The number of hydrogen-bond donors (Lipinski definition) is 2. The maximum Gasteiger partial charge on any atom is 0.253 e. The molecule has 6 nitrogen and oxygen atoms in total. The molecule has 3 rings (SSSR count). The Hall–Kier alpha value is -1.63. The van der Waals surface area contributed by atoms with Crippen molar-refractivity contribution in [2.24, 2.45) is 0 Å². The van der Waals surface area contributed by atoms with E-state index < -0.39 is 0 Å². The predicted molar refractivity (Wildman–Crippen MR) is 66.1 cm³/mol. The summed E-state index contributed by atoms with van der Waals surface area (Å²) in [5.41, 5.74) is 5.47. The van der Waals surface area contributed by atoms with Crippen LogP contribution >= 0.6 is 15.9 Å². The molecule has 0 amide bonds. The van der Waals surface area contributed by atoms with Crippen molar-refractivity contribution in [2.45, 2.75) is 18.8 Å². The standard InChI is InChI=1S/C10H10BrN5O/c11-6-4-16(15-9(6)12)7-3-8(17)14-10(13-7)5-1-2-5/h3-5H,1-2H2,(H2,12,15)(H,13,14,17). The highest BCUT2D eigenvalue weighted by Gasteiger charge is 2.26. The van der Waals surface area contributed by atoms with Crippen molar-refractivity contribution >= 4 is 21.7 Å². The maximum atomic E-state index is 11.5. The normalized spacial score (nSPS) is 15.1. The second-order valence-electron chi connectivity index (χ2n) is 4.07. The lowest BCUT2D eigenvalue weighted by Gasteiger charge is -2.02. The average molecular weight is 296 g/mol. The molecule has 88 valence electrons. The predicted octanol–water partition coefficient (Wildman–Crippen LogP) is 1.18. The number of H-pyrrole nitrogens is 1. The molecule has 1 fully saturated rings. The van der Waals surface area contributed by atoms with E-state index in [1.54, 1.807) is 6.20 Å². The number of nitrogens with zero attached hydrogens (tertiary/aromatic N) is 3. The van der Waals surface area contributed by atoms with Gasteiger partial charge < -0.3 is 10.7 Å². The Morgan fingerprint density at radius 3 is 2.88 bits per heavy atom. The summed E-state index contributed by atoms with van der Waals surface area (Å²) < 4.78 is 2.19. The smallest absolute Gasteiger partial charge is 0.253 e. The third kappa shape index (κ3) is 1.97. The lowest BCUT2D eigenvalue weighted by Crippen LogP contribution is -2.13. The topological polar surface area (TPSA) is 89.6 Å². The monoisotopic (exact) mass is 295 g/mol. The molecular weight excluding hydrogens is 286 g/mol. The third-order valence-corrected chi connectivity index (χ3v) is 3.25. The van der Waals surface area contributed by atoms with E-state index in [0.29, 0.717) is 22.0 Å². The number of nitrogen functional groups attached to an aromatic ring is 1. The largest absolute Gasteiger partial charge is 0.381 e. The van der Waals surface area contributed by atoms with Gasteiger partial charge in [-0.1, -0.05) is 0 Å². The summed E-state index contributed by atoms with van der Waals surface area (Å²) in [6.45, 7) is 0. The SMILES string of the molecule is Nc1nn(-c2cc(=O)[nH]c(C3CC3)n2)cc1Br. The number of anilines is 1. The van der Waals surface area contributed by atoms with Gasteiger partial charge in [0.25, 0.3) is 5.56 Å². The molecule has 0 aliphatic heterocycles. The van der Waals surface area contributed by atoms with Gasteiger partial charge in [0.15, 0.2) is 11.6 Å². The number of aromatic amines is 1. The fraction of sp³-hybridized carbons (Fsp3) is 0.300. The molecule has 1 saturated carbocycles. The summed E-state index contributed by atoms with van der Waals surface area (Å²) in [6, 6.07) is 1.41. The molecule has 1 aliphatic carbocycles. The third-order valence-electron chi connectivity index (χ3n) is 2.64. The highest BCUT2D eigenvalue weighted by Crippen LogP contribution is 2.37. The average Bonchev–Trinajstić information content (AvgIpc) is 3.06. The van der Waals surface area contributed by atoms with Crippen molar-refractivity contribution < 1.29 is 0 Å². The van der Waals surface area contributed by atoms with Gasteiger partial charge in [-0.3, -0.25) is 4.79 Å². The highest BCUT2D eigenvalue weighted by atomic mass is 79.9. The van der Waals surface area contributed by atoms with Gasteiger partial charge in [-0.15, -0.1) is 5.10 Å². The first-order valence-electron chi connectivity index (χ1n) is 5.26. The quantitative estimate of drug-likeness (QED) is 0.870. The van der Waals surface area contributed by atoms with Gasteiger partial charge in [-0.2, -0.15) is 0 Å². The summed E-state index contributed by atoms with van der Waals surface area (Å²) in [6.07, 6.45) is 3.85. The van der Waals surface area contributed by atoms with Crippen LogP contribution in [-0.2, 0) is 0 Å². The Morgan fingerprint density at radius 1 is 1.53 bits per heavy atom. The summed E-state index contributed by atoms with van der Waals surface area (Å²) >= 11 is 3.27. The molecule has 0 bridgehead atoms. The number of nitrogens with two attached hydrogens (primary N) is 1. The zero-order valence-electron chi connectivity index (χ0n) is 8.85. The first-order chi connectivity index (χ1) is 8.13. The number of aromatic nitrogens is 4. The summed E-state index contributed by atoms with van der Waals surface area (Å²) in [7, 11) is 0. The molecule has 0 spiro atoms.